The van der Waals surface area contributed by atoms with Gasteiger partial charge in [0.1, 0.15) is 0 Å². The Bertz CT molecular complexity index is 249. The minimum Gasteiger partial charge on any atom is -0.402 e. The van der Waals surface area contributed by atoms with Crippen molar-refractivity contribution >= 4 is 0 Å². The second-order valence-electron chi connectivity index (χ2n) is 4.12. The van der Waals surface area contributed by atoms with Crippen LogP contribution in [-0.2, 0) is 0 Å². The molecule has 0 aromatic heterocycles. The van der Waals surface area contributed by atoms with E-state index in [0.717, 1.165) is 37.4 Å². The number of nitrogens with zero attached hydrogens (tertiary/aromatic N) is 1. The molecule has 0 amide bonds. The lowest BCUT2D eigenvalue weighted by Gasteiger charge is -2.32. The molecule has 0 aromatic rings. The zero-order valence-corrected chi connectivity index (χ0v) is 9.32. The second-order valence-corrected chi connectivity index (χ2v) is 4.12. The molecule has 1 heterocycles. The summed E-state index contributed by atoms with van der Waals surface area (Å²) >= 11 is 0. The van der Waals surface area contributed by atoms with Crippen molar-refractivity contribution in [3.8, 4) is 0 Å². The number of hydrogen-bond donors (Lipinski definition) is 3. The maximum Gasteiger partial charge on any atom is 0.0986 e. The molecule has 0 bridgehead atoms. The van der Waals surface area contributed by atoms with Crippen molar-refractivity contribution in [1.29, 1.82) is 0 Å². The van der Waals surface area contributed by atoms with Gasteiger partial charge in [0.2, 0.25) is 0 Å². The summed E-state index contributed by atoms with van der Waals surface area (Å²) < 4.78 is 0. The Labute approximate surface area is 91.2 Å². The Morgan fingerprint density at radius 1 is 1.33 bits per heavy atom. The van der Waals surface area contributed by atoms with Crippen molar-refractivity contribution in [2.24, 2.45) is 17.4 Å². The molecule has 86 valence electrons. The summed E-state index contributed by atoms with van der Waals surface area (Å²) in [5.74, 6) is 1.21. The minimum absolute atomic E-state index is 0.291. The van der Waals surface area contributed by atoms with Gasteiger partial charge < -0.3 is 21.5 Å². The Kier molecular flexibility index (Phi) is 4.49. The molecule has 4 heteroatoms. The SMILES string of the molecule is C/C(N)=C/C=C(\N)N1CCC(CO)CC1. The van der Waals surface area contributed by atoms with Crippen LogP contribution < -0.4 is 11.5 Å². The number of piperidine rings is 1. The van der Waals surface area contributed by atoms with Gasteiger partial charge in [0.15, 0.2) is 0 Å². The van der Waals surface area contributed by atoms with Crippen molar-refractivity contribution in [3.63, 3.8) is 0 Å². The van der Waals surface area contributed by atoms with E-state index in [1.807, 2.05) is 19.1 Å². The third-order valence-electron chi connectivity index (χ3n) is 2.75. The second kappa shape index (κ2) is 5.66. The van der Waals surface area contributed by atoms with E-state index in [1.165, 1.54) is 0 Å². The molecule has 1 saturated heterocycles. The van der Waals surface area contributed by atoms with Crippen LogP contribution in [0.2, 0.25) is 0 Å². The smallest absolute Gasteiger partial charge is 0.0986 e. The minimum atomic E-state index is 0.291. The van der Waals surface area contributed by atoms with E-state index >= 15 is 0 Å². The number of hydrogen-bond acceptors (Lipinski definition) is 4. The normalized spacial score (nSPS) is 20.8. The monoisotopic (exact) mass is 211 g/mol. The standard InChI is InChI=1S/C11H21N3O/c1-9(12)2-3-11(13)14-6-4-10(8-15)5-7-14/h2-3,10,15H,4-8,12-13H2,1H3/b9-2-,11-3+. The Morgan fingerprint density at radius 3 is 2.40 bits per heavy atom. The molecular formula is C11H21N3O. The molecule has 5 N–H and O–H groups in total. The lowest BCUT2D eigenvalue weighted by molar-refractivity contribution is 0.150. The van der Waals surface area contributed by atoms with E-state index in [0.29, 0.717) is 12.5 Å². The summed E-state index contributed by atoms with van der Waals surface area (Å²) in [6.07, 6.45) is 5.68. The molecule has 4 nitrogen and oxygen atoms in total. The van der Waals surface area contributed by atoms with Crippen LogP contribution in [0.25, 0.3) is 0 Å². The van der Waals surface area contributed by atoms with Gasteiger partial charge >= 0.3 is 0 Å². The lowest BCUT2D eigenvalue weighted by atomic mass is 9.98. The highest BCUT2D eigenvalue weighted by Gasteiger charge is 2.18. The van der Waals surface area contributed by atoms with Crippen LogP contribution in [0, 0.1) is 5.92 Å². The Morgan fingerprint density at radius 2 is 1.93 bits per heavy atom. The largest absolute Gasteiger partial charge is 0.402 e. The first-order valence-electron chi connectivity index (χ1n) is 5.39. The first-order valence-corrected chi connectivity index (χ1v) is 5.39. The van der Waals surface area contributed by atoms with E-state index in [-0.39, 0.29) is 0 Å². The summed E-state index contributed by atoms with van der Waals surface area (Å²) in [6, 6.07) is 0. The number of aliphatic hydroxyl groups is 1. The highest BCUT2D eigenvalue weighted by Crippen LogP contribution is 2.18. The van der Waals surface area contributed by atoms with Gasteiger partial charge in [-0.3, -0.25) is 0 Å². The van der Waals surface area contributed by atoms with Crippen molar-refractivity contribution in [3.05, 3.63) is 23.7 Å². The average Bonchev–Trinajstić information content (AvgIpc) is 2.26. The third-order valence-corrected chi connectivity index (χ3v) is 2.75. The number of allylic oxidation sites excluding steroid dienone is 3. The fourth-order valence-electron chi connectivity index (χ4n) is 1.70. The molecule has 15 heavy (non-hydrogen) atoms. The number of nitrogens with two attached hydrogens (primary N) is 2. The third kappa shape index (κ3) is 3.83. The van der Waals surface area contributed by atoms with Crippen LogP contribution in [-0.4, -0.2) is 29.7 Å². The maximum atomic E-state index is 9.00. The van der Waals surface area contributed by atoms with Crippen molar-refractivity contribution in [2.75, 3.05) is 19.7 Å². The zero-order chi connectivity index (χ0) is 11.3. The van der Waals surface area contributed by atoms with Gasteiger partial charge in [-0.15, -0.1) is 0 Å². The van der Waals surface area contributed by atoms with Gasteiger partial charge in [0.25, 0.3) is 0 Å². The summed E-state index contributed by atoms with van der Waals surface area (Å²) in [5, 5.41) is 9.00. The van der Waals surface area contributed by atoms with Crippen molar-refractivity contribution in [1.82, 2.24) is 4.90 Å². The van der Waals surface area contributed by atoms with Gasteiger partial charge in [0, 0.05) is 25.4 Å². The van der Waals surface area contributed by atoms with E-state index in [1.54, 1.807) is 0 Å². The zero-order valence-electron chi connectivity index (χ0n) is 9.32. The van der Waals surface area contributed by atoms with Gasteiger partial charge in [-0.25, -0.2) is 0 Å². The predicted molar refractivity (Wildman–Crippen MR) is 61.6 cm³/mol. The average molecular weight is 211 g/mol. The number of likely N-dealkylation sites (tertiary alicyclic amines) is 1. The highest BCUT2D eigenvalue weighted by molar-refractivity contribution is 5.12. The topological polar surface area (TPSA) is 75.5 Å². The van der Waals surface area contributed by atoms with Gasteiger partial charge in [-0.2, -0.15) is 0 Å². The van der Waals surface area contributed by atoms with Crippen molar-refractivity contribution in [2.45, 2.75) is 19.8 Å². The molecule has 0 aliphatic carbocycles. The molecule has 1 aliphatic rings. The van der Waals surface area contributed by atoms with E-state index in [9.17, 15) is 0 Å². The molecule has 0 atom stereocenters. The Balaban J connectivity index is 2.46. The van der Waals surface area contributed by atoms with E-state index < -0.39 is 0 Å². The summed E-state index contributed by atoms with van der Waals surface area (Å²) in [5.41, 5.74) is 12.2. The summed E-state index contributed by atoms with van der Waals surface area (Å²) in [6.45, 7) is 3.97. The van der Waals surface area contributed by atoms with Crippen LogP contribution in [0.5, 0.6) is 0 Å². The number of rotatable bonds is 3. The molecule has 0 unspecified atom stereocenters. The van der Waals surface area contributed by atoms with Gasteiger partial charge in [0.05, 0.1) is 5.82 Å². The molecule has 1 rings (SSSR count). The van der Waals surface area contributed by atoms with Crippen molar-refractivity contribution < 1.29 is 5.11 Å². The van der Waals surface area contributed by atoms with Gasteiger partial charge in [-0.05, 0) is 37.8 Å². The fraction of sp³-hybridized carbons (Fsp3) is 0.636. The van der Waals surface area contributed by atoms with Gasteiger partial charge in [-0.1, -0.05) is 0 Å². The summed E-state index contributed by atoms with van der Waals surface area (Å²) in [7, 11) is 0. The predicted octanol–water partition coefficient (Wildman–Crippen LogP) is 0.353. The lowest BCUT2D eigenvalue weighted by Crippen LogP contribution is -2.36. The maximum absolute atomic E-state index is 9.00. The first-order chi connectivity index (χ1) is 7.13. The highest BCUT2D eigenvalue weighted by atomic mass is 16.3. The van der Waals surface area contributed by atoms with E-state index in [4.69, 9.17) is 16.6 Å². The molecule has 0 aromatic carbocycles. The fourth-order valence-corrected chi connectivity index (χ4v) is 1.70. The molecular weight excluding hydrogens is 190 g/mol. The van der Waals surface area contributed by atoms with Crippen LogP contribution in [0.15, 0.2) is 23.7 Å². The molecule has 0 saturated carbocycles. The summed E-state index contributed by atoms with van der Waals surface area (Å²) in [4.78, 5) is 2.13. The molecule has 0 radical (unpaired) electrons. The number of aliphatic hydroxyl groups excluding tert-OH is 1. The first kappa shape index (κ1) is 11.9. The van der Waals surface area contributed by atoms with Crippen LogP contribution in [0.3, 0.4) is 0 Å². The quantitative estimate of drug-likeness (QED) is 0.589. The van der Waals surface area contributed by atoms with E-state index in [2.05, 4.69) is 4.90 Å². The van der Waals surface area contributed by atoms with Crippen LogP contribution in [0.1, 0.15) is 19.8 Å². The molecule has 1 fully saturated rings. The Hall–Kier alpha value is -1.16. The molecule has 0 spiro atoms. The molecule has 1 aliphatic heterocycles. The van der Waals surface area contributed by atoms with Crippen LogP contribution in [0.4, 0.5) is 0 Å². The van der Waals surface area contributed by atoms with Crippen LogP contribution >= 0.6 is 0 Å².